The SMILES string of the molecule is COC(=O)c1nc2oc1C13c4ccccc4NC1Oc1ccc(cc13)C[C@H](NC(=O)[C@@H](O)CC(C)C)C(=O)N[C@H]2C(C)C. The maximum atomic E-state index is 13.8. The van der Waals surface area contributed by atoms with Crippen LogP contribution in [0.15, 0.2) is 46.9 Å². The second-order valence-corrected chi connectivity index (χ2v) is 12.2. The number of carbonyl (C=O) groups excluding carboxylic acids is 3. The Labute approximate surface area is 249 Å². The molecule has 4 N–H and O–H groups in total. The van der Waals surface area contributed by atoms with E-state index in [-0.39, 0.29) is 42.0 Å². The summed E-state index contributed by atoms with van der Waals surface area (Å²) < 4.78 is 18.2. The Morgan fingerprint density at radius 3 is 2.63 bits per heavy atom. The van der Waals surface area contributed by atoms with Crippen LogP contribution < -0.4 is 20.7 Å². The van der Waals surface area contributed by atoms with Crippen molar-refractivity contribution in [1.29, 1.82) is 0 Å². The molecule has 0 saturated carbocycles. The number of fused-ring (bicyclic) bond motifs is 4. The Kier molecular flexibility index (Phi) is 7.16. The standard InChI is InChI=1S/C32H36N4O7/c1-15(2)12-22(37)28(39)33-21-14-17-10-11-23-19(13-17)32(18-8-6-7-9-20(18)34-31(32)42-23)26-25(30(40)41-5)36-29(43-26)24(16(3)4)35-27(21)38/h6-11,13,15-16,21-22,24,31,34,37H,12,14H2,1-5H3,(H,33,39)(H,35,38)/t21-,22-,24-,31?,32?/m0/s1. The number of aromatic nitrogens is 1. The summed E-state index contributed by atoms with van der Waals surface area (Å²) in [6, 6.07) is 11.5. The molecule has 2 amide bonds. The van der Waals surface area contributed by atoms with Gasteiger partial charge in [-0.2, -0.15) is 0 Å². The maximum Gasteiger partial charge on any atom is 0.360 e. The summed E-state index contributed by atoms with van der Waals surface area (Å²) in [5, 5.41) is 19.7. The van der Waals surface area contributed by atoms with Crippen LogP contribution in [0.2, 0.25) is 0 Å². The molecular formula is C32H36N4O7. The third-order valence-electron chi connectivity index (χ3n) is 8.43. The summed E-state index contributed by atoms with van der Waals surface area (Å²) in [7, 11) is 1.28. The highest BCUT2D eigenvalue weighted by Gasteiger charge is 2.61. The quantitative estimate of drug-likeness (QED) is 0.318. The van der Waals surface area contributed by atoms with Gasteiger partial charge in [0.1, 0.15) is 29.4 Å². The molecule has 2 aromatic carbocycles. The van der Waals surface area contributed by atoms with E-state index >= 15 is 0 Å². The zero-order valence-corrected chi connectivity index (χ0v) is 24.8. The lowest BCUT2D eigenvalue weighted by Crippen LogP contribution is -2.52. The number of benzene rings is 2. The number of carbonyl (C=O) groups is 3. The average molecular weight is 589 g/mol. The summed E-state index contributed by atoms with van der Waals surface area (Å²) in [6.45, 7) is 7.60. The smallest absolute Gasteiger partial charge is 0.360 e. The largest absolute Gasteiger partial charge is 0.469 e. The van der Waals surface area contributed by atoms with Crippen molar-refractivity contribution in [2.24, 2.45) is 11.8 Å². The summed E-state index contributed by atoms with van der Waals surface area (Å²) >= 11 is 0. The summed E-state index contributed by atoms with van der Waals surface area (Å²) in [5.74, 6) is -0.921. The van der Waals surface area contributed by atoms with E-state index in [4.69, 9.17) is 13.9 Å². The number of amides is 2. The fourth-order valence-corrected chi connectivity index (χ4v) is 6.36. The third-order valence-corrected chi connectivity index (χ3v) is 8.43. The van der Waals surface area contributed by atoms with Crippen LogP contribution in [0.4, 0.5) is 5.69 Å². The maximum absolute atomic E-state index is 13.8. The van der Waals surface area contributed by atoms with E-state index in [0.717, 1.165) is 22.4 Å². The van der Waals surface area contributed by atoms with Crippen molar-refractivity contribution >= 4 is 23.5 Å². The normalized spacial score (nSPS) is 24.1. The summed E-state index contributed by atoms with van der Waals surface area (Å²) in [5.41, 5.74) is 2.02. The lowest BCUT2D eigenvalue weighted by atomic mass is 9.72. The third kappa shape index (κ3) is 4.62. The van der Waals surface area contributed by atoms with Crippen molar-refractivity contribution < 1.29 is 33.4 Å². The highest BCUT2D eigenvalue weighted by atomic mass is 16.5. The topological polar surface area (TPSA) is 152 Å². The van der Waals surface area contributed by atoms with Crippen LogP contribution in [0.5, 0.6) is 5.75 Å². The lowest BCUT2D eigenvalue weighted by Gasteiger charge is -2.29. The molecule has 0 aliphatic carbocycles. The van der Waals surface area contributed by atoms with E-state index in [2.05, 4.69) is 20.9 Å². The first-order valence-corrected chi connectivity index (χ1v) is 14.6. The van der Waals surface area contributed by atoms with E-state index in [1.165, 1.54) is 7.11 Å². The van der Waals surface area contributed by atoms with Crippen LogP contribution in [-0.2, 0) is 26.2 Å². The van der Waals surface area contributed by atoms with Gasteiger partial charge in [0.15, 0.2) is 17.7 Å². The van der Waals surface area contributed by atoms with Crippen LogP contribution >= 0.6 is 0 Å². The summed E-state index contributed by atoms with van der Waals surface area (Å²) in [4.78, 5) is 44.7. The molecule has 0 fully saturated rings. The van der Waals surface area contributed by atoms with Crippen LogP contribution in [0.25, 0.3) is 0 Å². The van der Waals surface area contributed by atoms with Crippen molar-refractivity contribution in [3.63, 3.8) is 0 Å². The van der Waals surface area contributed by atoms with E-state index in [1.54, 1.807) is 0 Å². The Bertz CT molecular complexity index is 1600. The number of aliphatic hydroxyl groups is 1. The van der Waals surface area contributed by atoms with Crippen molar-refractivity contribution in [2.45, 2.75) is 70.4 Å². The minimum atomic E-state index is -1.26. The number of oxazole rings is 1. The number of anilines is 1. The van der Waals surface area contributed by atoms with Gasteiger partial charge in [0.05, 0.1) is 7.11 Å². The molecule has 43 heavy (non-hydrogen) atoms. The Balaban J connectivity index is 1.56. The molecular weight excluding hydrogens is 552 g/mol. The van der Waals surface area contributed by atoms with Crippen LogP contribution in [0.1, 0.15) is 79.0 Å². The first kappa shape index (κ1) is 28.7. The van der Waals surface area contributed by atoms with Crippen molar-refractivity contribution in [3.05, 3.63) is 76.5 Å². The molecule has 4 heterocycles. The minimum absolute atomic E-state index is 0.0105. The second kappa shape index (κ2) is 10.7. The van der Waals surface area contributed by atoms with Crippen molar-refractivity contribution in [3.8, 4) is 5.75 Å². The number of esters is 1. The number of aliphatic hydroxyl groups excluding tert-OH is 1. The predicted octanol–water partition coefficient (Wildman–Crippen LogP) is 3.20. The van der Waals surface area contributed by atoms with E-state index in [9.17, 15) is 19.5 Å². The number of methoxy groups -OCH3 is 1. The van der Waals surface area contributed by atoms with Gasteiger partial charge in [-0.25, -0.2) is 9.78 Å². The van der Waals surface area contributed by atoms with Gasteiger partial charge in [-0.1, -0.05) is 58.0 Å². The first-order valence-electron chi connectivity index (χ1n) is 14.6. The van der Waals surface area contributed by atoms with Gasteiger partial charge >= 0.3 is 5.97 Å². The Morgan fingerprint density at radius 1 is 1.14 bits per heavy atom. The van der Waals surface area contributed by atoms with Crippen molar-refractivity contribution in [2.75, 3.05) is 12.4 Å². The molecule has 11 heteroatoms. The number of ether oxygens (including phenoxy) is 2. The summed E-state index contributed by atoms with van der Waals surface area (Å²) in [6.07, 6.45) is -1.51. The number of hydrogen-bond acceptors (Lipinski definition) is 9. The highest BCUT2D eigenvalue weighted by molar-refractivity contribution is 5.91. The number of nitrogens with one attached hydrogen (secondary N) is 3. The fourth-order valence-electron chi connectivity index (χ4n) is 6.36. The number of para-hydroxylation sites is 1. The van der Waals surface area contributed by atoms with Gasteiger partial charge in [-0.15, -0.1) is 0 Å². The van der Waals surface area contributed by atoms with E-state index in [1.807, 2.05) is 70.2 Å². The zero-order chi connectivity index (χ0) is 30.6. The molecule has 1 aromatic heterocycles. The van der Waals surface area contributed by atoms with Gasteiger partial charge in [0.25, 0.3) is 0 Å². The van der Waals surface area contributed by atoms with Crippen LogP contribution in [0, 0.1) is 11.8 Å². The van der Waals surface area contributed by atoms with Gasteiger partial charge in [-0.05, 0) is 41.5 Å². The molecule has 11 nitrogen and oxygen atoms in total. The molecule has 2 unspecified atom stereocenters. The molecule has 4 bridgehead atoms. The predicted molar refractivity (Wildman–Crippen MR) is 155 cm³/mol. The van der Waals surface area contributed by atoms with E-state index < -0.39 is 47.6 Å². The lowest BCUT2D eigenvalue weighted by molar-refractivity contribution is -0.135. The van der Waals surface area contributed by atoms with Gasteiger partial charge in [0, 0.05) is 17.7 Å². The number of rotatable bonds is 6. The fraction of sp³-hybridized carbons (Fsp3) is 0.438. The van der Waals surface area contributed by atoms with Crippen LogP contribution in [0.3, 0.4) is 0 Å². The Hall–Kier alpha value is -4.38. The molecule has 0 saturated heterocycles. The van der Waals surface area contributed by atoms with Gasteiger partial charge in [0.2, 0.25) is 17.7 Å². The minimum Gasteiger partial charge on any atom is -0.469 e. The monoisotopic (exact) mass is 588 g/mol. The van der Waals surface area contributed by atoms with Gasteiger partial charge < -0.3 is 34.9 Å². The molecule has 5 atom stereocenters. The molecule has 6 rings (SSSR count). The molecule has 226 valence electrons. The molecule has 0 radical (unpaired) electrons. The second-order valence-electron chi connectivity index (χ2n) is 12.2. The molecule has 3 aromatic rings. The first-order chi connectivity index (χ1) is 20.5. The Morgan fingerprint density at radius 2 is 1.91 bits per heavy atom. The average Bonchev–Trinajstić information content (AvgIpc) is 3.63. The van der Waals surface area contributed by atoms with Crippen LogP contribution in [-0.4, -0.2) is 53.4 Å². The molecule has 3 aliphatic heterocycles. The highest BCUT2D eigenvalue weighted by Crippen LogP contribution is 2.58. The van der Waals surface area contributed by atoms with Crippen molar-refractivity contribution in [1.82, 2.24) is 15.6 Å². The van der Waals surface area contributed by atoms with E-state index in [0.29, 0.717) is 5.75 Å². The molecule has 1 spiro atoms. The number of nitrogens with zero attached hydrogens (tertiary/aromatic N) is 1. The van der Waals surface area contributed by atoms with Gasteiger partial charge in [-0.3, -0.25) is 9.59 Å². The number of hydrogen-bond donors (Lipinski definition) is 4. The zero-order valence-electron chi connectivity index (χ0n) is 24.8. The molecule has 3 aliphatic rings.